The average Bonchev–Trinajstić information content (AvgIpc) is 2.95. The standard InChI is InChI=1S/C36H68N2O4/c1-13-27-25-29(33(5,6)35(9,15-3)37(27)11)41-31(39)23-21-19-17-18-20-22-24-32(40)42-30-26-28(14-2)38(12)36(10,16-4)34(30,7)8/h27-30H,13-26H2,1-12H3. The van der Waals surface area contributed by atoms with Gasteiger partial charge in [-0.2, -0.15) is 0 Å². The van der Waals surface area contributed by atoms with Gasteiger partial charge < -0.3 is 9.47 Å². The minimum atomic E-state index is -0.102. The van der Waals surface area contributed by atoms with E-state index in [0.29, 0.717) is 24.9 Å². The molecular weight excluding hydrogens is 524 g/mol. The molecule has 0 aromatic heterocycles. The summed E-state index contributed by atoms with van der Waals surface area (Å²) < 4.78 is 12.3. The number of esters is 2. The molecule has 0 saturated carbocycles. The van der Waals surface area contributed by atoms with Gasteiger partial charge in [-0.05, 0) is 66.5 Å². The zero-order chi connectivity index (χ0) is 31.9. The number of likely N-dealkylation sites (tertiary alicyclic amines) is 2. The number of unbranched alkanes of at least 4 members (excludes halogenated alkanes) is 5. The number of hydrogen-bond acceptors (Lipinski definition) is 6. The van der Waals surface area contributed by atoms with Crippen molar-refractivity contribution in [2.24, 2.45) is 10.8 Å². The first-order valence-electron chi connectivity index (χ1n) is 17.4. The summed E-state index contributed by atoms with van der Waals surface area (Å²) in [6.07, 6.45) is 12.9. The molecule has 2 saturated heterocycles. The van der Waals surface area contributed by atoms with Gasteiger partial charge in [-0.15, -0.1) is 0 Å². The van der Waals surface area contributed by atoms with E-state index in [1.165, 1.54) is 0 Å². The lowest BCUT2D eigenvalue weighted by molar-refractivity contribution is -0.183. The number of carbonyl (C=O) groups excluding carboxylic acids is 2. The third kappa shape index (κ3) is 7.56. The number of carbonyl (C=O) groups is 2. The van der Waals surface area contributed by atoms with E-state index in [9.17, 15) is 9.59 Å². The Kier molecular flexibility index (Phi) is 13.4. The molecular formula is C36H68N2O4. The van der Waals surface area contributed by atoms with Gasteiger partial charge in [0, 0.05) is 59.7 Å². The normalized spacial score (nSPS) is 33.3. The van der Waals surface area contributed by atoms with Gasteiger partial charge in [0.2, 0.25) is 0 Å². The predicted octanol–water partition coefficient (Wildman–Crippen LogP) is 8.55. The molecule has 0 spiro atoms. The first-order chi connectivity index (χ1) is 19.6. The summed E-state index contributed by atoms with van der Waals surface area (Å²) >= 11 is 0. The van der Waals surface area contributed by atoms with Crippen molar-refractivity contribution in [3.8, 4) is 0 Å². The van der Waals surface area contributed by atoms with Crippen LogP contribution in [0.5, 0.6) is 0 Å². The minimum absolute atomic E-state index is 0.000640. The van der Waals surface area contributed by atoms with Crippen LogP contribution in [0, 0.1) is 10.8 Å². The van der Waals surface area contributed by atoms with Crippen LogP contribution in [0.15, 0.2) is 0 Å². The fourth-order valence-corrected chi connectivity index (χ4v) is 8.17. The highest BCUT2D eigenvalue weighted by Gasteiger charge is 2.56. The summed E-state index contributed by atoms with van der Waals surface area (Å²) in [5, 5.41) is 0. The van der Waals surface area contributed by atoms with E-state index in [1.54, 1.807) is 0 Å². The van der Waals surface area contributed by atoms with Crippen LogP contribution in [0.1, 0.15) is 159 Å². The van der Waals surface area contributed by atoms with Crippen molar-refractivity contribution in [2.75, 3.05) is 14.1 Å². The van der Waals surface area contributed by atoms with E-state index in [1.807, 2.05) is 0 Å². The van der Waals surface area contributed by atoms with E-state index in [2.05, 4.69) is 93.1 Å². The van der Waals surface area contributed by atoms with E-state index < -0.39 is 0 Å². The molecule has 246 valence electrons. The van der Waals surface area contributed by atoms with Gasteiger partial charge in [0.15, 0.2) is 0 Å². The van der Waals surface area contributed by atoms with Crippen LogP contribution < -0.4 is 0 Å². The molecule has 2 aliphatic heterocycles. The molecule has 0 amide bonds. The van der Waals surface area contributed by atoms with E-state index in [4.69, 9.17) is 9.47 Å². The fraction of sp³-hybridized carbons (Fsp3) is 0.944. The first-order valence-corrected chi connectivity index (χ1v) is 17.4. The summed E-state index contributed by atoms with van der Waals surface area (Å²) in [7, 11) is 4.47. The molecule has 2 heterocycles. The quantitative estimate of drug-likeness (QED) is 0.140. The van der Waals surface area contributed by atoms with Crippen molar-refractivity contribution >= 4 is 11.9 Å². The van der Waals surface area contributed by atoms with Crippen LogP contribution in [0.3, 0.4) is 0 Å². The topological polar surface area (TPSA) is 59.1 Å². The zero-order valence-electron chi connectivity index (χ0n) is 29.7. The summed E-state index contributed by atoms with van der Waals surface area (Å²) in [5.41, 5.74) is -0.202. The SMILES string of the molecule is CCC1CC(OC(=O)CCCCCCCCC(=O)OC2CC(CC)N(C)C(C)(CC)C2(C)C)C(C)(C)C(C)(CC)N1C. The Labute approximate surface area is 260 Å². The average molecular weight is 593 g/mol. The van der Waals surface area contributed by atoms with Crippen LogP contribution in [0.25, 0.3) is 0 Å². The van der Waals surface area contributed by atoms with Crippen molar-refractivity contribution in [2.45, 2.75) is 194 Å². The smallest absolute Gasteiger partial charge is 0.306 e. The number of piperidine rings is 2. The number of ether oxygens (including phenoxy) is 2. The van der Waals surface area contributed by atoms with Crippen LogP contribution >= 0.6 is 0 Å². The molecule has 2 fully saturated rings. The molecule has 6 atom stereocenters. The second-order valence-corrected chi connectivity index (χ2v) is 15.1. The largest absolute Gasteiger partial charge is 0.462 e. The number of rotatable bonds is 15. The molecule has 6 heteroatoms. The first kappa shape index (κ1) is 37.0. The van der Waals surface area contributed by atoms with Crippen molar-refractivity contribution in [3.63, 3.8) is 0 Å². The Morgan fingerprint density at radius 3 is 1.19 bits per heavy atom. The molecule has 2 aliphatic rings. The third-order valence-corrected chi connectivity index (χ3v) is 12.9. The Hall–Kier alpha value is -1.14. The highest BCUT2D eigenvalue weighted by molar-refractivity contribution is 5.70. The summed E-state index contributed by atoms with van der Waals surface area (Å²) in [5.74, 6) is -0.0926. The van der Waals surface area contributed by atoms with E-state index in [-0.39, 0.29) is 46.1 Å². The maximum Gasteiger partial charge on any atom is 0.306 e. The molecule has 0 N–H and O–H groups in total. The van der Waals surface area contributed by atoms with Gasteiger partial charge in [0.1, 0.15) is 12.2 Å². The molecule has 2 rings (SSSR count). The summed E-state index contributed by atoms with van der Waals surface area (Å²) in [6, 6.07) is 0.887. The molecule has 0 aromatic carbocycles. The van der Waals surface area contributed by atoms with Crippen LogP contribution in [-0.4, -0.2) is 71.2 Å². The minimum Gasteiger partial charge on any atom is -0.462 e. The number of hydrogen-bond donors (Lipinski definition) is 0. The summed E-state index contributed by atoms with van der Waals surface area (Å²) in [4.78, 5) is 30.7. The Morgan fingerprint density at radius 1 is 0.595 bits per heavy atom. The molecule has 6 unspecified atom stereocenters. The zero-order valence-corrected chi connectivity index (χ0v) is 29.7. The van der Waals surface area contributed by atoms with Gasteiger partial charge in [0.25, 0.3) is 0 Å². The van der Waals surface area contributed by atoms with Gasteiger partial charge in [0.05, 0.1) is 0 Å². The Morgan fingerprint density at radius 2 is 0.905 bits per heavy atom. The Balaban J connectivity index is 1.69. The van der Waals surface area contributed by atoms with Gasteiger partial charge >= 0.3 is 11.9 Å². The van der Waals surface area contributed by atoms with Crippen molar-refractivity contribution in [1.29, 1.82) is 0 Å². The maximum atomic E-state index is 12.8. The van der Waals surface area contributed by atoms with Crippen molar-refractivity contribution in [1.82, 2.24) is 9.80 Å². The van der Waals surface area contributed by atoms with E-state index in [0.717, 1.165) is 77.0 Å². The molecule has 0 radical (unpaired) electrons. The lowest BCUT2D eigenvalue weighted by Crippen LogP contribution is -2.66. The maximum absolute atomic E-state index is 12.8. The summed E-state index contributed by atoms with van der Waals surface area (Å²) in [6.45, 7) is 22.7. The van der Waals surface area contributed by atoms with Crippen LogP contribution in [0.2, 0.25) is 0 Å². The highest BCUT2D eigenvalue weighted by Crippen LogP contribution is 2.50. The molecule has 0 bridgehead atoms. The predicted molar refractivity (Wildman–Crippen MR) is 175 cm³/mol. The van der Waals surface area contributed by atoms with Crippen molar-refractivity contribution < 1.29 is 19.1 Å². The van der Waals surface area contributed by atoms with E-state index >= 15 is 0 Å². The van der Waals surface area contributed by atoms with Crippen molar-refractivity contribution in [3.05, 3.63) is 0 Å². The molecule has 6 nitrogen and oxygen atoms in total. The third-order valence-electron chi connectivity index (χ3n) is 12.9. The number of nitrogens with zero attached hydrogens (tertiary/aromatic N) is 2. The highest BCUT2D eigenvalue weighted by atomic mass is 16.5. The van der Waals surface area contributed by atoms with Gasteiger partial charge in [-0.3, -0.25) is 19.4 Å². The van der Waals surface area contributed by atoms with Gasteiger partial charge in [-0.25, -0.2) is 0 Å². The lowest BCUT2D eigenvalue weighted by Gasteiger charge is -2.59. The second-order valence-electron chi connectivity index (χ2n) is 15.1. The molecule has 42 heavy (non-hydrogen) atoms. The lowest BCUT2D eigenvalue weighted by atomic mass is 9.62. The van der Waals surface area contributed by atoms with Crippen LogP contribution in [-0.2, 0) is 19.1 Å². The van der Waals surface area contributed by atoms with Gasteiger partial charge in [-0.1, -0.05) is 81.1 Å². The van der Waals surface area contributed by atoms with Crippen LogP contribution in [0.4, 0.5) is 0 Å². The molecule has 0 aromatic rings. The second kappa shape index (κ2) is 15.2. The Bertz CT molecular complexity index is 802. The monoisotopic (exact) mass is 593 g/mol. The molecule has 0 aliphatic carbocycles. The fourth-order valence-electron chi connectivity index (χ4n) is 8.17.